The summed E-state index contributed by atoms with van der Waals surface area (Å²) in [6.07, 6.45) is 0. The number of ether oxygens (including phenoxy) is 2. The lowest BCUT2D eigenvalue weighted by atomic mass is 10.1. The highest BCUT2D eigenvalue weighted by molar-refractivity contribution is 6.35. The number of benzene rings is 1. The molecule has 1 saturated heterocycles. The lowest BCUT2D eigenvalue weighted by Crippen LogP contribution is -2.47. The highest BCUT2D eigenvalue weighted by Gasteiger charge is 2.26. The highest BCUT2D eigenvalue weighted by atomic mass is 35.5. The molecule has 0 saturated carbocycles. The number of carbonyl (C=O) groups is 3. The zero-order valence-electron chi connectivity index (χ0n) is 13.8. The summed E-state index contributed by atoms with van der Waals surface area (Å²) in [5.74, 6) is -1.60. The van der Waals surface area contributed by atoms with Crippen LogP contribution in [0.3, 0.4) is 0 Å². The van der Waals surface area contributed by atoms with E-state index in [0.717, 1.165) is 13.1 Å². The first-order valence-electron chi connectivity index (χ1n) is 7.46. The molecule has 0 unspecified atom stereocenters. The maximum Gasteiger partial charge on any atom is 0.308 e. The van der Waals surface area contributed by atoms with Crippen LogP contribution in [-0.2, 0) is 9.59 Å². The van der Waals surface area contributed by atoms with Crippen molar-refractivity contribution in [3.8, 4) is 11.5 Å². The van der Waals surface area contributed by atoms with Crippen molar-refractivity contribution in [2.45, 2.75) is 13.8 Å². The third-order valence-corrected chi connectivity index (χ3v) is 3.96. The monoisotopic (exact) mass is 354 g/mol. The van der Waals surface area contributed by atoms with Crippen molar-refractivity contribution in [1.29, 1.82) is 0 Å². The molecular formula is C16H19ClN2O5. The van der Waals surface area contributed by atoms with E-state index in [1.54, 1.807) is 4.90 Å². The topological polar surface area (TPSA) is 76.2 Å². The summed E-state index contributed by atoms with van der Waals surface area (Å²) in [7, 11) is 1.99. The van der Waals surface area contributed by atoms with Crippen LogP contribution >= 0.6 is 11.6 Å². The molecular weight excluding hydrogens is 336 g/mol. The second-order valence-corrected chi connectivity index (χ2v) is 5.92. The predicted octanol–water partition coefficient (Wildman–Crippen LogP) is 1.58. The average molecular weight is 355 g/mol. The molecule has 0 atom stereocenters. The Bertz CT molecular complexity index is 669. The van der Waals surface area contributed by atoms with E-state index in [-0.39, 0.29) is 28.0 Å². The molecule has 7 nitrogen and oxygen atoms in total. The molecule has 1 heterocycles. The van der Waals surface area contributed by atoms with Crippen LogP contribution in [0.1, 0.15) is 24.2 Å². The Morgan fingerprint density at radius 2 is 1.58 bits per heavy atom. The number of piperazine rings is 1. The Labute approximate surface area is 145 Å². The molecule has 1 aromatic carbocycles. The summed E-state index contributed by atoms with van der Waals surface area (Å²) in [6.45, 7) is 5.12. The number of halogens is 1. The van der Waals surface area contributed by atoms with Crippen molar-refractivity contribution in [1.82, 2.24) is 9.80 Å². The quantitative estimate of drug-likeness (QED) is 0.606. The zero-order chi connectivity index (χ0) is 17.9. The summed E-state index contributed by atoms with van der Waals surface area (Å²) in [4.78, 5) is 39.0. The summed E-state index contributed by atoms with van der Waals surface area (Å²) in [6, 6.07) is 2.86. The molecule has 130 valence electrons. The van der Waals surface area contributed by atoms with Crippen molar-refractivity contribution in [3.63, 3.8) is 0 Å². The van der Waals surface area contributed by atoms with Gasteiger partial charge in [-0.05, 0) is 19.2 Å². The summed E-state index contributed by atoms with van der Waals surface area (Å²) < 4.78 is 10.0. The molecule has 0 radical (unpaired) electrons. The van der Waals surface area contributed by atoms with Crippen LogP contribution in [0.25, 0.3) is 0 Å². The van der Waals surface area contributed by atoms with Crippen molar-refractivity contribution >= 4 is 29.4 Å². The molecule has 8 heteroatoms. The first kappa shape index (κ1) is 18.2. The minimum Gasteiger partial charge on any atom is -0.423 e. The number of nitrogens with zero attached hydrogens (tertiary/aromatic N) is 2. The van der Waals surface area contributed by atoms with Gasteiger partial charge in [0.1, 0.15) is 5.02 Å². The molecule has 1 aliphatic heterocycles. The molecule has 1 amide bonds. The fourth-order valence-electron chi connectivity index (χ4n) is 2.36. The number of likely N-dealkylation sites (N-methyl/N-ethyl adjacent to an activating group) is 1. The van der Waals surface area contributed by atoms with Crippen molar-refractivity contribution < 1.29 is 23.9 Å². The van der Waals surface area contributed by atoms with Crippen LogP contribution in [0.15, 0.2) is 12.1 Å². The average Bonchev–Trinajstić information content (AvgIpc) is 2.50. The molecule has 1 aromatic rings. The summed E-state index contributed by atoms with van der Waals surface area (Å²) in [5.41, 5.74) is 0.202. The molecule has 0 aliphatic carbocycles. The van der Waals surface area contributed by atoms with Gasteiger partial charge in [-0.25, -0.2) is 0 Å². The highest BCUT2D eigenvalue weighted by Crippen LogP contribution is 2.38. The molecule has 0 aromatic heterocycles. The van der Waals surface area contributed by atoms with Gasteiger partial charge in [0.05, 0.1) is 5.56 Å². The van der Waals surface area contributed by atoms with Gasteiger partial charge in [0, 0.05) is 40.0 Å². The molecule has 0 spiro atoms. The first-order chi connectivity index (χ1) is 11.3. The summed E-state index contributed by atoms with van der Waals surface area (Å²) in [5, 5.41) is -0.0483. The standard InChI is InChI=1S/C16H19ClN2O5/c1-10(20)23-13-5-4-12(14(17)15(13)24-11(2)21)16(22)19-8-6-18(3)7-9-19/h4-5H,6-9H2,1-3H3. The van der Waals surface area contributed by atoms with Crippen LogP contribution in [0.4, 0.5) is 0 Å². The van der Waals surface area contributed by atoms with Crippen molar-refractivity contribution in [3.05, 3.63) is 22.7 Å². The molecule has 24 heavy (non-hydrogen) atoms. The summed E-state index contributed by atoms with van der Waals surface area (Å²) >= 11 is 6.26. The Hall–Kier alpha value is -2.12. The number of esters is 2. The van der Waals surface area contributed by atoms with Gasteiger partial charge >= 0.3 is 11.9 Å². The Morgan fingerprint density at radius 3 is 2.12 bits per heavy atom. The van der Waals surface area contributed by atoms with Gasteiger partial charge in [-0.2, -0.15) is 0 Å². The number of carbonyl (C=O) groups excluding carboxylic acids is 3. The van der Waals surface area contributed by atoms with Crippen LogP contribution in [0, 0.1) is 0 Å². The molecule has 1 fully saturated rings. The Balaban J connectivity index is 2.35. The van der Waals surface area contributed by atoms with Gasteiger partial charge in [-0.15, -0.1) is 0 Å². The molecule has 0 bridgehead atoms. The van der Waals surface area contributed by atoms with Gasteiger partial charge in [0.25, 0.3) is 5.91 Å². The van der Waals surface area contributed by atoms with E-state index in [1.807, 2.05) is 7.05 Å². The van der Waals surface area contributed by atoms with Crippen molar-refractivity contribution in [2.75, 3.05) is 33.2 Å². The third-order valence-electron chi connectivity index (χ3n) is 3.58. The minimum absolute atomic E-state index is 0.00220. The maximum absolute atomic E-state index is 12.7. The first-order valence-corrected chi connectivity index (χ1v) is 7.84. The van der Waals surface area contributed by atoms with E-state index in [1.165, 1.54) is 26.0 Å². The van der Waals surface area contributed by atoms with Gasteiger partial charge in [-0.3, -0.25) is 14.4 Å². The lowest BCUT2D eigenvalue weighted by Gasteiger charge is -2.32. The van der Waals surface area contributed by atoms with E-state index in [4.69, 9.17) is 21.1 Å². The fraction of sp³-hybridized carbons (Fsp3) is 0.438. The van der Waals surface area contributed by atoms with Gasteiger partial charge in [-0.1, -0.05) is 11.6 Å². The minimum atomic E-state index is -0.630. The Morgan fingerprint density at radius 1 is 1.00 bits per heavy atom. The van der Waals surface area contributed by atoms with E-state index in [9.17, 15) is 14.4 Å². The number of hydrogen-bond donors (Lipinski definition) is 0. The second kappa shape index (κ2) is 7.63. The van der Waals surface area contributed by atoms with Gasteiger partial charge in [0.2, 0.25) is 0 Å². The maximum atomic E-state index is 12.7. The van der Waals surface area contributed by atoms with E-state index < -0.39 is 11.9 Å². The second-order valence-electron chi connectivity index (χ2n) is 5.54. The van der Waals surface area contributed by atoms with Crippen LogP contribution < -0.4 is 9.47 Å². The van der Waals surface area contributed by atoms with Crippen molar-refractivity contribution in [2.24, 2.45) is 0 Å². The van der Waals surface area contributed by atoms with E-state index >= 15 is 0 Å². The van der Waals surface area contributed by atoms with Crippen LogP contribution in [0.2, 0.25) is 5.02 Å². The third kappa shape index (κ3) is 4.24. The smallest absolute Gasteiger partial charge is 0.308 e. The predicted molar refractivity (Wildman–Crippen MR) is 87.5 cm³/mol. The number of rotatable bonds is 3. The number of hydrogen-bond acceptors (Lipinski definition) is 6. The lowest BCUT2D eigenvalue weighted by molar-refractivity contribution is -0.134. The Kier molecular flexibility index (Phi) is 5.80. The van der Waals surface area contributed by atoms with Gasteiger partial charge in [0.15, 0.2) is 11.5 Å². The zero-order valence-corrected chi connectivity index (χ0v) is 14.6. The molecule has 0 N–H and O–H groups in total. The van der Waals surface area contributed by atoms with Crippen LogP contribution in [-0.4, -0.2) is 60.9 Å². The van der Waals surface area contributed by atoms with E-state index in [0.29, 0.717) is 13.1 Å². The molecule has 2 rings (SSSR count). The normalized spacial score (nSPS) is 15.1. The SMILES string of the molecule is CC(=O)Oc1ccc(C(=O)N2CCN(C)CC2)c(Cl)c1OC(C)=O. The van der Waals surface area contributed by atoms with E-state index in [2.05, 4.69) is 4.90 Å². The largest absolute Gasteiger partial charge is 0.423 e. The van der Waals surface area contributed by atoms with Gasteiger partial charge < -0.3 is 19.3 Å². The number of amides is 1. The van der Waals surface area contributed by atoms with Crippen LogP contribution in [0.5, 0.6) is 11.5 Å². The molecule has 1 aliphatic rings. The fourth-order valence-corrected chi connectivity index (χ4v) is 2.63.